The predicted molar refractivity (Wildman–Crippen MR) is 67.0 cm³/mol. The van der Waals surface area contributed by atoms with Crippen LogP contribution in [0.25, 0.3) is 0 Å². The van der Waals surface area contributed by atoms with Gasteiger partial charge in [0.25, 0.3) is 0 Å². The molecule has 0 saturated carbocycles. The van der Waals surface area contributed by atoms with E-state index < -0.39 is 0 Å². The summed E-state index contributed by atoms with van der Waals surface area (Å²) in [6.45, 7) is 2.04. The van der Waals surface area contributed by atoms with Crippen molar-refractivity contribution in [2.24, 2.45) is 0 Å². The van der Waals surface area contributed by atoms with E-state index in [2.05, 4.69) is 4.90 Å². The third-order valence-electron chi connectivity index (χ3n) is 3.00. The Morgan fingerprint density at radius 1 is 1.18 bits per heavy atom. The average molecular weight is 231 g/mol. The van der Waals surface area contributed by atoms with Crippen LogP contribution in [0.2, 0.25) is 0 Å². The predicted octanol–water partition coefficient (Wildman–Crippen LogP) is 2.57. The molecular weight excluding hydrogens is 214 g/mol. The number of nitrogens with zero attached hydrogens (tertiary/aromatic N) is 1. The van der Waals surface area contributed by atoms with Crippen LogP contribution in [0.4, 0.5) is 0 Å². The second-order valence-electron chi connectivity index (χ2n) is 4.29. The smallest absolute Gasteiger partial charge is 0.190 e. The van der Waals surface area contributed by atoms with Crippen LogP contribution >= 0.6 is 0 Å². The second kappa shape index (κ2) is 5.53. The first-order chi connectivity index (χ1) is 8.27. The zero-order chi connectivity index (χ0) is 12.1. The Bertz CT molecular complexity index is 420. The van der Waals surface area contributed by atoms with Gasteiger partial charge in [0.15, 0.2) is 5.78 Å². The quantitative estimate of drug-likeness (QED) is 0.642. The number of ketones is 1. The number of phenols is 1. The number of hydrogen-bond donors (Lipinski definition) is 1. The summed E-state index contributed by atoms with van der Waals surface area (Å²) < 4.78 is 0. The number of carbonyl (C=O) groups is 1. The first-order valence-corrected chi connectivity index (χ1v) is 6.02. The van der Waals surface area contributed by atoms with Crippen LogP contribution in [0.3, 0.4) is 0 Å². The Kier molecular flexibility index (Phi) is 3.81. The molecule has 1 aromatic carbocycles. The fourth-order valence-electron chi connectivity index (χ4n) is 2.01. The van der Waals surface area contributed by atoms with Crippen molar-refractivity contribution in [1.82, 2.24) is 4.90 Å². The lowest BCUT2D eigenvalue weighted by Gasteiger charge is -2.24. The van der Waals surface area contributed by atoms with Gasteiger partial charge in [0.1, 0.15) is 5.75 Å². The highest BCUT2D eigenvalue weighted by Crippen LogP contribution is 2.17. The fourth-order valence-corrected chi connectivity index (χ4v) is 2.01. The highest BCUT2D eigenvalue weighted by molar-refractivity contribution is 6.06. The van der Waals surface area contributed by atoms with Crippen molar-refractivity contribution in [2.75, 3.05) is 13.1 Å². The van der Waals surface area contributed by atoms with Crippen LogP contribution in [0.1, 0.15) is 29.6 Å². The number of hydrogen-bond acceptors (Lipinski definition) is 3. The summed E-state index contributed by atoms with van der Waals surface area (Å²) in [6, 6.07) is 6.63. The molecule has 3 nitrogen and oxygen atoms in total. The zero-order valence-electron chi connectivity index (χ0n) is 9.80. The third kappa shape index (κ3) is 3.09. The number of carbonyl (C=O) groups excluding carboxylic acids is 1. The highest BCUT2D eigenvalue weighted by Gasteiger charge is 2.09. The van der Waals surface area contributed by atoms with E-state index in [0.29, 0.717) is 5.56 Å². The minimum atomic E-state index is -0.145. The molecule has 1 aliphatic heterocycles. The van der Waals surface area contributed by atoms with E-state index >= 15 is 0 Å². The molecule has 3 heteroatoms. The Hall–Kier alpha value is -1.77. The second-order valence-corrected chi connectivity index (χ2v) is 4.29. The molecule has 17 heavy (non-hydrogen) atoms. The van der Waals surface area contributed by atoms with Crippen LogP contribution in [-0.4, -0.2) is 28.9 Å². The summed E-state index contributed by atoms with van der Waals surface area (Å²) in [5.74, 6) is -0.102. The van der Waals surface area contributed by atoms with Gasteiger partial charge in [-0.15, -0.1) is 0 Å². The lowest BCUT2D eigenvalue weighted by Crippen LogP contribution is -2.24. The van der Waals surface area contributed by atoms with E-state index in [9.17, 15) is 9.90 Å². The van der Waals surface area contributed by atoms with E-state index in [0.717, 1.165) is 13.1 Å². The van der Waals surface area contributed by atoms with Crippen molar-refractivity contribution in [1.29, 1.82) is 0 Å². The van der Waals surface area contributed by atoms with Crippen molar-refractivity contribution in [3.05, 3.63) is 42.1 Å². The van der Waals surface area contributed by atoms with Gasteiger partial charge in [-0.1, -0.05) is 12.1 Å². The standard InChI is InChI=1S/C14H17NO2/c16-13-7-3-2-6-12(13)14(17)8-11-15-9-4-1-5-10-15/h2-3,6-8,11,16H,1,4-5,9-10H2. The van der Waals surface area contributed by atoms with E-state index in [4.69, 9.17) is 0 Å². The molecule has 1 N–H and O–H groups in total. The molecule has 0 amide bonds. The highest BCUT2D eigenvalue weighted by atomic mass is 16.3. The van der Waals surface area contributed by atoms with Crippen molar-refractivity contribution in [3.63, 3.8) is 0 Å². The van der Waals surface area contributed by atoms with E-state index in [1.807, 2.05) is 6.20 Å². The van der Waals surface area contributed by atoms with Crippen LogP contribution < -0.4 is 0 Å². The van der Waals surface area contributed by atoms with Gasteiger partial charge in [0.2, 0.25) is 0 Å². The molecule has 0 unspecified atom stereocenters. The Balaban J connectivity index is 2.01. The van der Waals surface area contributed by atoms with Gasteiger partial charge in [0.05, 0.1) is 5.56 Å². The minimum Gasteiger partial charge on any atom is -0.507 e. The summed E-state index contributed by atoms with van der Waals surface area (Å²) in [7, 11) is 0. The normalized spacial score (nSPS) is 16.4. The van der Waals surface area contributed by atoms with Gasteiger partial charge >= 0.3 is 0 Å². The Morgan fingerprint density at radius 2 is 1.88 bits per heavy atom. The molecule has 0 spiro atoms. The molecular formula is C14H17NO2. The number of likely N-dealkylation sites (tertiary alicyclic amines) is 1. The molecule has 0 bridgehead atoms. The topological polar surface area (TPSA) is 40.5 Å². The Morgan fingerprint density at radius 3 is 2.59 bits per heavy atom. The van der Waals surface area contributed by atoms with Crippen LogP contribution in [0.15, 0.2) is 36.5 Å². The van der Waals surface area contributed by atoms with Crippen LogP contribution in [-0.2, 0) is 0 Å². The molecule has 1 heterocycles. The molecule has 1 fully saturated rings. The molecule has 0 radical (unpaired) electrons. The third-order valence-corrected chi connectivity index (χ3v) is 3.00. The van der Waals surface area contributed by atoms with E-state index in [1.54, 1.807) is 24.3 Å². The van der Waals surface area contributed by atoms with Crippen molar-refractivity contribution in [2.45, 2.75) is 19.3 Å². The van der Waals surface area contributed by atoms with Gasteiger partial charge in [-0.25, -0.2) is 0 Å². The number of allylic oxidation sites excluding steroid dienone is 1. The van der Waals surface area contributed by atoms with E-state index in [1.165, 1.54) is 25.3 Å². The number of phenolic OH excluding ortho intramolecular Hbond substituents is 1. The maximum Gasteiger partial charge on any atom is 0.190 e. The van der Waals surface area contributed by atoms with Gasteiger partial charge in [0, 0.05) is 25.4 Å². The molecule has 0 atom stereocenters. The Labute approximate surface area is 101 Å². The number of aromatic hydroxyl groups is 1. The van der Waals surface area contributed by atoms with Gasteiger partial charge in [-0.05, 0) is 31.4 Å². The van der Waals surface area contributed by atoms with Crippen LogP contribution in [0.5, 0.6) is 5.75 Å². The van der Waals surface area contributed by atoms with Crippen molar-refractivity contribution >= 4 is 5.78 Å². The number of piperidine rings is 1. The lowest BCUT2D eigenvalue weighted by molar-refractivity contribution is 0.104. The summed E-state index contributed by atoms with van der Waals surface area (Å²) in [5, 5.41) is 9.55. The molecule has 2 rings (SSSR count). The number of para-hydroxylation sites is 1. The summed E-state index contributed by atoms with van der Waals surface area (Å²) in [5.41, 5.74) is 0.362. The molecule has 0 aromatic heterocycles. The lowest BCUT2D eigenvalue weighted by atomic mass is 10.1. The SMILES string of the molecule is O=C(C=CN1CCCCC1)c1ccccc1O. The van der Waals surface area contributed by atoms with Gasteiger partial charge < -0.3 is 10.0 Å². The maximum atomic E-state index is 11.8. The van der Waals surface area contributed by atoms with Crippen molar-refractivity contribution in [3.8, 4) is 5.75 Å². The molecule has 1 aromatic rings. The van der Waals surface area contributed by atoms with E-state index in [-0.39, 0.29) is 11.5 Å². The molecule has 0 aliphatic carbocycles. The summed E-state index contributed by atoms with van der Waals surface area (Å²) in [4.78, 5) is 14.0. The summed E-state index contributed by atoms with van der Waals surface area (Å²) >= 11 is 0. The van der Waals surface area contributed by atoms with Gasteiger partial charge in [-0.3, -0.25) is 4.79 Å². The average Bonchev–Trinajstić information content (AvgIpc) is 2.38. The first kappa shape index (κ1) is 11.7. The zero-order valence-corrected chi connectivity index (χ0v) is 9.80. The monoisotopic (exact) mass is 231 g/mol. The molecule has 1 aliphatic rings. The van der Waals surface area contributed by atoms with Crippen molar-refractivity contribution < 1.29 is 9.90 Å². The minimum absolute atomic E-state index is 0.0424. The number of rotatable bonds is 3. The largest absolute Gasteiger partial charge is 0.507 e. The van der Waals surface area contributed by atoms with Gasteiger partial charge in [-0.2, -0.15) is 0 Å². The number of benzene rings is 1. The molecule has 90 valence electrons. The molecule has 1 saturated heterocycles. The fraction of sp³-hybridized carbons (Fsp3) is 0.357. The maximum absolute atomic E-state index is 11.8. The first-order valence-electron chi connectivity index (χ1n) is 6.02. The summed E-state index contributed by atoms with van der Waals surface area (Å²) in [6.07, 6.45) is 7.04. The van der Waals surface area contributed by atoms with Crippen LogP contribution in [0, 0.1) is 0 Å².